The maximum Gasteiger partial charge on any atom is 0.325 e. The van der Waals surface area contributed by atoms with Gasteiger partial charge in [-0.25, -0.2) is 4.98 Å². The van der Waals surface area contributed by atoms with E-state index in [0.717, 1.165) is 33.1 Å². The van der Waals surface area contributed by atoms with Crippen LogP contribution in [0.3, 0.4) is 0 Å². The molecule has 0 saturated carbocycles. The standard InChI is InChI=1S/C25H25BrN4O3/c1-4-8-23-28-21-12-11-17(26)13-19(21)25(32)30(23)27-14-20-16(3)29(15-24(31)33-5-2)22-10-7-6-9-18(20)22/h6-7,9-14H,4-5,8,15H2,1-3H3. The number of rotatable bonds is 7. The van der Waals surface area contributed by atoms with Gasteiger partial charge in [0.25, 0.3) is 5.56 Å². The highest BCUT2D eigenvalue weighted by molar-refractivity contribution is 9.10. The van der Waals surface area contributed by atoms with Crippen LogP contribution in [0.5, 0.6) is 0 Å². The molecule has 4 aromatic rings. The predicted octanol–water partition coefficient (Wildman–Crippen LogP) is 4.82. The van der Waals surface area contributed by atoms with Crippen LogP contribution in [0.4, 0.5) is 0 Å². The van der Waals surface area contributed by atoms with Crippen LogP contribution in [0.25, 0.3) is 21.8 Å². The van der Waals surface area contributed by atoms with E-state index in [1.807, 2.05) is 54.8 Å². The quantitative estimate of drug-likeness (QED) is 0.264. The van der Waals surface area contributed by atoms with E-state index < -0.39 is 0 Å². The normalized spacial score (nSPS) is 11.6. The molecule has 0 aliphatic heterocycles. The van der Waals surface area contributed by atoms with E-state index in [1.165, 1.54) is 4.68 Å². The van der Waals surface area contributed by atoms with Crippen molar-refractivity contribution < 1.29 is 9.53 Å². The topological polar surface area (TPSA) is 78.5 Å². The van der Waals surface area contributed by atoms with E-state index in [9.17, 15) is 9.59 Å². The van der Waals surface area contributed by atoms with Crippen molar-refractivity contribution in [3.8, 4) is 0 Å². The summed E-state index contributed by atoms with van der Waals surface area (Å²) < 4.78 is 9.26. The third-order valence-corrected chi connectivity index (χ3v) is 6.02. The smallest absolute Gasteiger partial charge is 0.325 e. The van der Waals surface area contributed by atoms with Crippen molar-refractivity contribution in [1.29, 1.82) is 0 Å². The average Bonchev–Trinajstić information content (AvgIpc) is 3.05. The number of aryl methyl sites for hydroxylation is 1. The number of carbonyl (C=O) groups excluding carboxylic acids is 1. The molecule has 7 nitrogen and oxygen atoms in total. The van der Waals surface area contributed by atoms with Crippen LogP contribution in [0.15, 0.2) is 56.8 Å². The van der Waals surface area contributed by atoms with Crippen molar-refractivity contribution in [2.24, 2.45) is 5.10 Å². The fourth-order valence-corrected chi connectivity index (χ4v) is 4.34. The van der Waals surface area contributed by atoms with Crippen molar-refractivity contribution in [2.45, 2.75) is 40.2 Å². The number of fused-ring (bicyclic) bond motifs is 2. The van der Waals surface area contributed by atoms with Crippen molar-refractivity contribution in [3.63, 3.8) is 0 Å². The van der Waals surface area contributed by atoms with Crippen molar-refractivity contribution in [3.05, 3.63) is 74.4 Å². The fourth-order valence-electron chi connectivity index (χ4n) is 3.97. The Bertz CT molecular complexity index is 1440. The molecule has 0 atom stereocenters. The number of halogens is 1. The summed E-state index contributed by atoms with van der Waals surface area (Å²) in [6.45, 7) is 6.21. The number of benzene rings is 2. The summed E-state index contributed by atoms with van der Waals surface area (Å²) in [5, 5.41) is 6.04. The lowest BCUT2D eigenvalue weighted by Crippen LogP contribution is -2.22. The van der Waals surface area contributed by atoms with E-state index in [-0.39, 0.29) is 18.1 Å². The number of hydrogen-bond donors (Lipinski definition) is 0. The predicted molar refractivity (Wildman–Crippen MR) is 134 cm³/mol. The fraction of sp³-hybridized carbons (Fsp3) is 0.280. The zero-order chi connectivity index (χ0) is 23.5. The maximum atomic E-state index is 13.3. The Morgan fingerprint density at radius 1 is 1.18 bits per heavy atom. The monoisotopic (exact) mass is 508 g/mol. The van der Waals surface area contributed by atoms with Gasteiger partial charge in [0.15, 0.2) is 0 Å². The highest BCUT2D eigenvalue weighted by atomic mass is 79.9. The van der Waals surface area contributed by atoms with E-state index in [4.69, 9.17) is 9.72 Å². The molecule has 2 aromatic carbocycles. The van der Waals surface area contributed by atoms with Crippen LogP contribution in [0.1, 0.15) is 37.4 Å². The first-order valence-corrected chi connectivity index (χ1v) is 11.7. The number of esters is 1. The van der Waals surface area contributed by atoms with Gasteiger partial charge in [-0.2, -0.15) is 9.78 Å². The van der Waals surface area contributed by atoms with Crippen LogP contribution >= 0.6 is 15.9 Å². The average molecular weight is 509 g/mol. The minimum Gasteiger partial charge on any atom is -0.465 e. The number of carbonyl (C=O) groups is 1. The summed E-state index contributed by atoms with van der Waals surface area (Å²) in [5.74, 6) is 0.317. The van der Waals surface area contributed by atoms with Crippen molar-refractivity contribution in [1.82, 2.24) is 14.2 Å². The van der Waals surface area contributed by atoms with E-state index in [1.54, 1.807) is 19.2 Å². The summed E-state index contributed by atoms with van der Waals surface area (Å²) in [6, 6.07) is 13.3. The molecular weight excluding hydrogens is 484 g/mol. The van der Waals surface area contributed by atoms with E-state index in [0.29, 0.717) is 29.8 Å². The Morgan fingerprint density at radius 2 is 1.97 bits per heavy atom. The third kappa shape index (κ3) is 4.48. The number of nitrogens with zero attached hydrogens (tertiary/aromatic N) is 4. The molecule has 0 spiro atoms. The van der Waals surface area contributed by atoms with Crippen molar-refractivity contribution >= 4 is 49.9 Å². The van der Waals surface area contributed by atoms with Crippen LogP contribution in [-0.4, -0.2) is 33.0 Å². The lowest BCUT2D eigenvalue weighted by atomic mass is 10.1. The van der Waals surface area contributed by atoms with Crippen LogP contribution < -0.4 is 5.56 Å². The molecule has 0 saturated heterocycles. The van der Waals surface area contributed by atoms with Gasteiger partial charge in [0.2, 0.25) is 0 Å². The molecule has 0 unspecified atom stereocenters. The molecule has 0 bridgehead atoms. The second-order valence-corrected chi connectivity index (χ2v) is 8.62. The number of ether oxygens (including phenoxy) is 1. The SMILES string of the molecule is CCCc1nc2ccc(Br)cc2c(=O)n1N=Cc1c(C)n(CC(=O)OCC)c2ccccc12. The maximum absolute atomic E-state index is 13.3. The Balaban J connectivity index is 1.86. The number of aromatic nitrogens is 3. The van der Waals surface area contributed by atoms with Gasteiger partial charge in [-0.15, -0.1) is 0 Å². The van der Waals surface area contributed by atoms with E-state index >= 15 is 0 Å². The van der Waals surface area contributed by atoms with Crippen LogP contribution in [0.2, 0.25) is 0 Å². The molecule has 2 heterocycles. The van der Waals surface area contributed by atoms with Gasteiger partial charge in [0, 0.05) is 33.1 Å². The summed E-state index contributed by atoms with van der Waals surface area (Å²) in [4.78, 5) is 30.2. The molecular formula is C25H25BrN4O3. The molecule has 0 aliphatic rings. The van der Waals surface area contributed by atoms with Gasteiger partial charge >= 0.3 is 5.97 Å². The van der Waals surface area contributed by atoms with Crippen molar-refractivity contribution in [2.75, 3.05) is 6.61 Å². The molecule has 170 valence electrons. The minimum absolute atomic E-state index is 0.112. The summed E-state index contributed by atoms with van der Waals surface area (Å²) in [5.41, 5.74) is 3.06. The summed E-state index contributed by atoms with van der Waals surface area (Å²) >= 11 is 3.43. The zero-order valence-electron chi connectivity index (χ0n) is 18.8. The Morgan fingerprint density at radius 3 is 2.73 bits per heavy atom. The first kappa shape index (κ1) is 22.9. The molecule has 0 fully saturated rings. The van der Waals surface area contributed by atoms with Gasteiger partial charge in [-0.3, -0.25) is 9.59 Å². The molecule has 8 heteroatoms. The first-order chi connectivity index (χ1) is 15.9. The third-order valence-electron chi connectivity index (χ3n) is 5.52. The second-order valence-electron chi connectivity index (χ2n) is 7.71. The lowest BCUT2D eigenvalue weighted by Gasteiger charge is -2.09. The van der Waals surface area contributed by atoms with Gasteiger partial charge < -0.3 is 9.30 Å². The first-order valence-electron chi connectivity index (χ1n) is 10.9. The van der Waals surface area contributed by atoms with Gasteiger partial charge in [0.1, 0.15) is 12.4 Å². The molecule has 4 rings (SSSR count). The van der Waals surface area contributed by atoms with Crippen LogP contribution in [0, 0.1) is 6.92 Å². The number of hydrogen-bond acceptors (Lipinski definition) is 5. The highest BCUT2D eigenvalue weighted by Crippen LogP contribution is 2.25. The minimum atomic E-state index is -0.296. The summed E-state index contributed by atoms with van der Waals surface area (Å²) in [7, 11) is 0. The molecule has 0 N–H and O–H groups in total. The number of para-hydroxylation sites is 1. The molecule has 0 radical (unpaired) electrons. The van der Waals surface area contributed by atoms with Gasteiger partial charge in [-0.1, -0.05) is 41.1 Å². The summed E-state index contributed by atoms with van der Waals surface area (Å²) in [6.07, 6.45) is 3.15. The van der Waals surface area contributed by atoms with Gasteiger partial charge in [0.05, 0.1) is 23.7 Å². The van der Waals surface area contributed by atoms with Crippen LogP contribution in [-0.2, 0) is 22.5 Å². The molecule has 33 heavy (non-hydrogen) atoms. The Labute approximate surface area is 199 Å². The lowest BCUT2D eigenvalue weighted by molar-refractivity contribution is -0.143. The van der Waals surface area contributed by atoms with E-state index in [2.05, 4.69) is 21.0 Å². The largest absolute Gasteiger partial charge is 0.465 e. The Kier molecular flexibility index (Phi) is 6.74. The highest BCUT2D eigenvalue weighted by Gasteiger charge is 2.16. The second kappa shape index (κ2) is 9.70. The van der Waals surface area contributed by atoms with Gasteiger partial charge in [-0.05, 0) is 44.5 Å². The molecule has 0 amide bonds. The molecule has 0 aliphatic carbocycles. The zero-order valence-corrected chi connectivity index (χ0v) is 20.4. The molecule has 2 aromatic heterocycles. The Hall–Kier alpha value is -3.26.